The molecule has 0 aliphatic heterocycles. The second-order valence-corrected chi connectivity index (χ2v) is 3.38. The minimum Gasteiger partial charge on any atom is -0.395 e. The number of carbonyl (C=O) groups excluding carboxylic acids is 1. The Labute approximate surface area is 94.4 Å². The fourth-order valence-corrected chi connectivity index (χ4v) is 1.33. The fourth-order valence-electron chi connectivity index (χ4n) is 1.33. The molecule has 0 atom stereocenters. The van der Waals surface area contributed by atoms with Crippen molar-refractivity contribution in [2.75, 3.05) is 33.4 Å². The van der Waals surface area contributed by atoms with Gasteiger partial charge in [0.25, 0.3) is 5.91 Å². The van der Waals surface area contributed by atoms with E-state index in [1.165, 1.54) is 4.90 Å². The van der Waals surface area contributed by atoms with Crippen LogP contribution < -0.4 is 0 Å². The van der Waals surface area contributed by atoms with Crippen molar-refractivity contribution < 1.29 is 14.6 Å². The Bertz CT molecular complexity index is 338. The van der Waals surface area contributed by atoms with Gasteiger partial charge in [-0.15, -0.1) is 0 Å². The monoisotopic (exact) mass is 227 g/mol. The molecule has 1 amide bonds. The standard InChI is InChI=1S/C10H17N3O3/c1-12-4-3-9(11-12)10(15)13(5-7-14)6-8-16-2/h3-4,14H,5-8H2,1-2H3. The Morgan fingerprint density at radius 1 is 1.62 bits per heavy atom. The zero-order valence-electron chi connectivity index (χ0n) is 9.59. The topological polar surface area (TPSA) is 67.6 Å². The molecule has 0 spiro atoms. The number of rotatable bonds is 6. The van der Waals surface area contributed by atoms with Gasteiger partial charge in [-0.25, -0.2) is 0 Å². The highest BCUT2D eigenvalue weighted by molar-refractivity contribution is 5.92. The van der Waals surface area contributed by atoms with Gasteiger partial charge < -0.3 is 14.7 Å². The predicted octanol–water partition coefficient (Wildman–Crippen LogP) is -0.499. The number of aromatic nitrogens is 2. The minimum absolute atomic E-state index is 0.0672. The molecule has 0 saturated carbocycles. The van der Waals surface area contributed by atoms with E-state index in [-0.39, 0.29) is 12.5 Å². The Kier molecular flexibility index (Phi) is 4.94. The van der Waals surface area contributed by atoms with Crippen molar-refractivity contribution in [3.8, 4) is 0 Å². The third-order valence-electron chi connectivity index (χ3n) is 2.16. The molecule has 6 nitrogen and oxygen atoms in total. The first kappa shape index (κ1) is 12.7. The third kappa shape index (κ3) is 3.32. The summed E-state index contributed by atoms with van der Waals surface area (Å²) in [6, 6.07) is 1.65. The van der Waals surface area contributed by atoms with E-state index in [2.05, 4.69) is 5.10 Å². The lowest BCUT2D eigenvalue weighted by molar-refractivity contribution is 0.0650. The van der Waals surface area contributed by atoms with Crippen molar-refractivity contribution in [1.82, 2.24) is 14.7 Å². The molecule has 1 aromatic rings. The van der Waals surface area contributed by atoms with Gasteiger partial charge in [-0.05, 0) is 6.07 Å². The van der Waals surface area contributed by atoms with Gasteiger partial charge in [-0.1, -0.05) is 0 Å². The van der Waals surface area contributed by atoms with E-state index < -0.39 is 0 Å². The van der Waals surface area contributed by atoms with Crippen LogP contribution in [0.2, 0.25) is 0 Å². The first-order chi connectivity index (χ1) is 7.69. The first-order valence-electron chi connectivity index (χ1n) is 5.07. The van der Waals surface area contributed by atoms with Gasteiger partial charge in [0.15, 0.2) is 0 Å². The van der Waals surface area contributed by atoms with E-state index in [9.17, 15) is 4.79 Å². The predicted molar refractivity (Wildman–Crippen MR) is 58.1 cm³/mol. The maximum Gasteiger partial charge on any atom is 0.274 e. The molecule has 0 aromatic carbocycles. The summed E-state index contributed by atoms with van der Waals surface area (Å²) < 4.78 is 6.48. The zero-order valence-corrected chi connectivity index (χ0v) is 9.59. The molecule has 90 valence electrons. The molecule has 1 aromatic heterocycles. The lowest BCUT2D eigenvalue weighted by atomic mass is 10.3. The number of ether oxygens (including phenoxy) is 1. The van der Waals surface area contributed by atoms with E-state index >= 15 is 0 Å². The highest BCUT2D eigenvalue weighted by atomic mass is 16.5. The number of aliphatic hydroxyl groups excluding tert-OH is 1. The third-order valence-corrected chi connectivity index (χ3v) is 2.16. The van der Waals surface area contributed by atoms with Crippen LogP contribution in [0.1, 0.15) is 10.5 Å². The number of hydrogen-bond donors (Lipinski definition) is 1. The van der Waals surface area contributed by atoms with E-state index in [4.69, 9.17) is 9.84 Å². The van der Waals surface area contributed by atoms with Crippen LogP contribution >= 0.6 is 0 Å². The van der Waals surface area contributed by atoms with Gasteiger partial charge in [0.1, 0.15) is 5.69 Å². The summed E-state index contributed by atoms with van der Waals surface area (Å²) in [5, 5.41) is 12.9. The van der Waals surface area contributed by atoms with Crippen LogP contribution in [0.5, 0.6) is 0 Å². The number of hydrogen-bond acceptors (Lipinski definition) is 4. The number of aliphatic hydroxyl groups is 1. The van der Waals surface area contributed by atoms with Crippen LogP contribution in [-0.4, -0.2) is 59.1 Å². The van der Waals surface area contributed by atoms with Crippen LogP contribution in [0.3, 0.4) is 0 Å². The molecule has 16 heavy (non-hydrogen) atoms. The summed E-state index contributed by atoms with van der Waals surface area (Å²) >= 11 is 0. The molecular weight excluding hydrogens is 210 g/mol. The van der Waals surface area contributed by atoms with E-state index in [1.807, 2.05) is 0 Å². The van der Waals surface area contributed by atoms with Crippen LogP contribution in [0.4, 0.5) is 0 Å². The van der Waals surface area contributed by atoms with Crippen LogP contribution in [-0.2, 0) is 11.8 Å². The summed E-state index contributed by atoms with van der Waals surface area (Å²) in [6.07, 6.45) is 1.71. The first-order valence-corrected chi connectivity index (χ1v) is 5.07. The molecule has 0 fully saturated rings. The van der Waals surface area contributed by atoms with Gasteiger partial charge in [-0.2, -0.15) is 5.10 Å². The molecule has 1 N–H and O–H groups in total. The molecule has 0 saturated heterocycles. The van der Waals surface area contributed by atoms with Crippen molar-refractivity contribution in [2.45, 2.75) is 0 Å². The highest BCUT2D eigenvalue weighted by Crippen LogP contribution is 2.01. The molecule has 0 unspecified atom stereocenters. The van der Waals surface area contributed by atoms with E-state index in [0.29, 0.717) is 25.4 Å². The maximum atomic E-state index is 11.9. The number of amides is 1. The number of methoxy groups -OCH3 is 1. The number of carbonyl (C=O) groups is 1. The molecule has 6 heteroatoms. The molecule has 1 heterocycles. The van der Waals surface area contributed by atoms with E-state index in [1.54, 1.807) is 31.1 Å². The number of nitrogens with zero attached hydrogens (tertiary/aromatic N) is 3. The smallest absolute Gasteiger partial charge is 0.274 e. The molecule has 1 rings (SSSR count). The maximum absolute atomic E-state index is 11.9. The van der Waals surface area contributed by atoms with E-state index in [0.717, 1.165) is 0 Å². The van der Waals surface area contributed by atoms with Crippen molar-refractivity contribution in [3.05, 3.63) is 18.0 Å². The largest absolute Gasteiger partial charge is 0.395 e. The molecular formula is C10H17N3O3. The zero-order chi connectivity index (χ0) is 12.0. The summed E-state index contributed by atoms with van der Waals surface area (Å²) in [4.78, 5) is 13.5. The fraction of sp³-hybridized carbons (Fsp3) is 0.600. The molecule has 0 bridgehead atoms. The van der Waals surface area contributed by atoms with Gasteiger partial charge in [0.05, 0.1) is 13.2 Å². The van der Waals surface area contributed by atoms with Crippen LogP contribution in [0, 0.1) is 0 Å². The summed E-state index contributed by atoms with van der Waals surface area (Å²) in [7, 11) is 3.32. The second-order valence-electron chi connectivity index (χ2n) is 3.38. The Hall–Kier alpha value is -1.40. The highest BCUT2D eigenvalue weighted by Gasteiger charge is 2.16. The summed E-state index contributed by atoms with van der Waals surface area (Å²) in [6.45, 7) is 1.12. The normalized spacial score (nSPS) is 10.4. The summed E-state index contributed by atoms with van der Waals surface area (Å²) in [5.74, 6) is -0.188. The van der Waals surface area contributed by atoms with Crippen molar-refractivity contribution in [3.63, 3.8) is 0 Å². The average molecular weight is 227 g/mol. The van der Waals surface area contributed by atoms with Gasteiger partial charge >= 0.3 is 0 Å². The minimum atomic E-state index is -0.188. The van der Waals surface area contributed by atoms with Gasteiger partial charge in [-0.3, -0.25) is 9.48 Å². The lowest BCUT2D eigenvalue weighted by Crippen LogP contribution is -2.36. The van der Waals surface area contributed by atoms with Crippen molar-refractivity contribution >= 4 is 5.91 Å². The van der Waals surface area contributed by atoms with Gasteiger partial charge in [0.2, 0.25) is 0 Å². The molecule has 0 radical (unpaired) electrons. The second kappa shape index (κ2) is 6.24. The Balaban J connectivity index is 2.66. The van der Waals surface area contributed by atoms with Crippen LogP contribution in [0.15, 0.2) is 12.3 Å². The lowest BCUT2D eigenvalue weighted by Gasteiger charge is -2.20. The SMILES string of the molecule is COCCN(CCO)C(=O)c1ccn(C)n1. The molecule has 0 aliphatic carbocycles. The summed E-state index contributed by atoms with van der Waals surface area (Å²) in [5.41, 5.74) is 0.382. The van der Waals surface area contributed by atoms with Gasteiger partial charge in [0, 0.05) is 33.4 Å². The van der Waals surface area contributed by atoms with Crippen LogP contribution in [0.25, 0.3) is 0 Å². The number of aryl methyl sites for hydroxylation is 1. The average Bonchev–Trinajstić information content (AvgIpc) is 2.70. The Morgan fingerprint density at radius 3 is 2.88 bits per heavy atom. The quantitative estimate of drug-likeness (QED) is 0.711. The van der Waals surface area contributed by atoms with Crippen molar-refractivity contribution in [2.24, 2.45) is 7.05 Å². The molecule has 0 aliphatic rings. The Morgan fingerprint density at radius 2 is 2.38 bits per heavy atom. The van der Waals surface area contributed by atoms with Crippen molar-refractivity contribution in [1.29, 1.82) is 0 Å².